The molecule has 2 nitrogen and oxygen atoms in total. The third kappa shape index (κ3) is 3.27. The molecule has 96 valence electrons. The second-order valence-corrected chi connectivity index (χ2v) is 5.86. The fourth-order valence-corrected chi connectivity index (χ4v) is 1.95. The Labute approximate surface area is 111 Å². The standard InChI is InChI=1S/C13H20BrFN2/c1-13(2,17(3)4)11(16)8-9-6-5-7-10(15)12(9)14/h5-7,11H,8,16H2,1-4H3. The van der Waals surface area contributed by atoms with Crippen LogP contribution in [0.3, 0.4) is 0 Å². The molecule has 17 heavy (non-hydrogen) atoms. The summed E-state index contributed by atoms with van der Waals surface area (Å²) in [6.07, 6.45) is 0.642. The van der Waals surface area contributed by atoms with E-state index in [9.17, 15) is 4.39 Å². The molecule has 0 aromatic heterocycles. The maximum Gasteiger partial charge on any atom is 0.137 e. The maximum absolute atomic E-state index is 13.4. The quantitative estimate of drug-likeness (QED) is 0.927. The summed E-state index contributed by atoms with van der Waals surface area (Å²) in [5.74, 6) is -0.239. The number of hydrogen-bond donors (Lipinski definition) is 1. The Hall–Kier alpha value is -0.450. The lowest BCUT2D eigenvalue weighted by atomic mass is 9.89. The van der Waals surface area contributed by atoms with E-state index in [1.807, 2.05) is 20.2 Å². The molecule has 0 aliphatic carbocycles. The molecule has 1 aromatic rings. The Bertz CT molecular complexity index is 391. The Balaban J connectivity index is 2.88. The molecular weight excluding hydrogens is 283 g/mol. The van der Waals surface area contributed by atoms with Gasteiger partial charge in [0.25, 0.3) is 0 Å². The van der Waals surface area contributed by atoms with E-state index in [-0.39, 0.29) is 17.4 Å². The van der Waals surface area contributed by atoms with Crippen molar-refractivity contribution in [3.63, 3.8) is 0 Å². The van der Waals surface area contributed by atoms with E-state index in [1.165, 1.54) is 6.07 Å². The molecule has 0 aliphatic rings. The minimum Gasteiger partial charge on any atom is -0.326 e. The van der Waals surface area contributed by atoms with Crippen molar-refractivity contribution in [2.45, 2.75) is 31.8 Å². The van der Waals surface area contributed by atoms with Crippen LogP contribution in [-0.2, 0) is 6.42 Å². The molecule has 0 amide bonds. The van der Waals surface area contributed by atoms with E-state index in [1.54, 1.807) is 6.07 Å². The minimum absolute atomic E-state index is 0.0596. The summed E-state index contributed by atoms with van der Waals surface area (Å²) in [6, 6.07) is 5.00. The van der Waals surface area contributed by atoms with Crippen molar-refractivity contribution >= 4 is 15.9 Å². The summed E-state index contributed by atoms with van der Waals surface area (Å²) >= 11 is 3.27. The summed E-state index contributed by atoms with van der Waals surface area (Å²) < 4.78 is 13.9. The molecule has 0 aliphatic heterocycles. The number of hydrogen-bond acceptors (Lipinski definition) is 2. The summed E-state index contributed by atoms with van der Waals surface area (Å²) in [7, 11) is 4.00. The molecule has 1 aromatic carbocycles. The Morgan fingerprint density at radius 2 is 2.00 bits per heavy atom. The van der Waals surface area contributed by atoms with Crippen LogP contribution in [0.15, 0.2) is 22.7 Å². The van der Waals surface area contributed by atoms with Crippen molar-refractivity contribution in [1.29, 1.82) is 0 Å². The van der Waals surface area contributed by atoms with Crippen molar-refractivity contribution in [1.82, 2.24) is 4.90 Å². The predicted molar refractivity (Wildman–Crippen MR) is 73.5 cm³/mol. The van der Waals surface area contributed by atoms with E-state index >= 15 is 0 Å². The summed E-state index contributed by atoms with van der Waals surface area (Å²) in [5.41, 5.74) is 6.99. The summed E-state index contributed by atoms with van der Waals surface area (Å²) in [6.45, 7) is 4.18. The second kappa shape index (κ2) is 5.46. The van der Waals surface area contributed by atoms with Crippen LogP contribution in [0.25, 0.3) is 0 Å². The number of nitrogens with zero attached hydrogens (tertiary/aromatic N) is 1. The van der Waals surface area contributed by atoms with Gasteiger partial charge in [0.05, 0.1) is 4.47 Å². The minimum atomic E-state index is -0.239. The SMILES string of the molecule is CN(C)C(C)(C)C(N)Cc1cccc(F)c1Br. The van der Waals surface area contributed by atoms with Gasteiger partial charge in [0, 0.05) is 11.6 Å². The van der Waals surface area contributed by atoms with Crippen LogP contribution in [0.4, 0.5) is 4.39 Å². The zero-order chi connectivity index (χ0) is 13.2. The normalized spacial score (nSPS) is 14.1. The lowest BCUT2D eigenvalue weighted by Gasteiger charge is -2.38. The maximum atomic E-state index is 13.4. The van der Waals surface area contributed by atoms with Crippen LogP contribution < -0.4 is 5.73 Å². The molecule has 1 atom stereocenters. The number of benzene rings is 1. The van der Waals surface area contributed by atoms with E-state index in [0.717, 1.165) is 5.56 Å². The van der Waals surface area contributed by atoms with Crippen molar-refractivity contribution < 1.29 is 4.39 Å². The first-order valence-electron chi connectivity index (χ1n) is 5.62. The first kappa shape index (κ1) is 14.6. The molecule has 1 rings (SSSR count). The summed E-state index contributed by atoms with van der Waals surface area (Å²) in [4.78, 5) is 2.09. The van der Waals surface area contributed by atoms with Gasteiger partial charge < -0.3 is 10.6 Å². The number of rotatable bonds is 4. The van der Waals surface area contributed by atoms with Crippen LogP contribution in [0.5, 0.6) is 0 Å². The van der Waals surface area contributed by atoms with Crippen molar-refractivity contribution in [3.05, 3.63) is 34.1 Å². The molecule has 0 heterocycles. The fraction of sp³-hybridized carbons (Fsp3) is 0.538. The van der Waals surface area contributed by atoms with Gasteiger partial charge in [-0.3, -0.25) is 0 Å². The average molecular weight is 303 g/mol. The highest BCUT2D eigenvalue weighted by molar-refractivity contribution is 9.10. The van der Waals surface area contributed by atoms with Gasteiger partial charge in [-0.05, 0) is 61.9 Å². The molecule has 1 unspecified atom stereocenters. The molecule has 0 saturated heterocycles. The molecule has 0 spiro atoms. The van der Waals surface area contributed by atoms with Gasteiger partial charge in [-0.15, -0.1) is 0 Å². The zero-order valence-corrected chi connectivity index (χ0v) is 12.4. The van der Waals surface area contributed by atoms with Crippen LogP contribution >= 0.6 is 15.9 Å². The number of nitrogens with two attached hydrogens (primary N) is 1. The monoisotopic (exact) mass is 302 g/mol. The van der Waals surface area contributed by atoms with Crippen LogP contribution in [0.2, 0.25) is 0 Å². The van der Waals surface area contributed by atoms with Crippen LogP contribution in [0.1, 0.15) is 19.4 Å². The van der Waals surface area contributed by atoms with Gasteiger partial charge in [-0.1, -0.05) is 12.1 Å². The fourth-order valence-electron chi connectivity index (χ4n) is 1.52. The van der Waals surface area contributed by atoms with E-state index in [2.05, 4.69) is 34.7 Å². The highest BCUT2D eigenvalue weighted by atomic mass is 79.9. The Morgan fingerprint density at radius 3 is 2.53 bits per heavy atom. The lowest BCUT2D eigenvalue weighted by molar-refractivity contribution is 0.157. The molecule has 4 heteroatoms. The first-order valence-corrected chi connectivity index (χ1v) is 6.42. The smallest absolute Gasteiger partial charge is 0.137 e. The second-order valence-electron chi connectivity index (χ2n) is 5.07. The van der Waals surface area contributed by atoms with Gasteiger partial charge >= 0.3 is 0 Å². The molecular formula is C13H20BrFN2. The van der Waals surface area contributed by atoms with Crippen LogP contribution in [0, 0.1) is 5.82 Å². The highest BCUT2D eigenvalue weighted by Gasteiger charge is 2.29. The van der Waals surface area contributed by atoms with Crippen molar-refractivity contribution in [2.24, 2.45) is 5.73 Å². The predicted octanol–water partition coefficient (Wildman–Crippen LogP) is 2.80. The first-order chi connectivity index (χ1) is 7.76. The largest absolute Gasteiger partial charge is 0.326 e. The van der Waals surface area contributed by atoms with E-state index in [4.69, 9.17) is 5.73 Å². The molecule has 0 fully saturated rings. The highest BCUT2D eigenvalue weighted by Crippen LogP contribution is 2.24. The van der Waals surface area contributed by atoms with E-state index in [0.29, 0.717) is 10.9 Å². The Kier molecular flexibility index (Phi) is 4.69. The number of likely N-dealkylation sites (N-methyl/N-ethyl adjacent to an activating group) is 1. The average Bonchev–Trinajstić information content (AvgIpc) is 2.24. The Morgan fingerprint density at radius 1 is 1.41 bits per heavy atom. The third-order valence-electron chi connectivity index (χ3n) is 3.53. The summed E-state index contributed by atoms with van der Waals surface area (Å²) in [5, 5.41) is 0. The number of halogens is 2. The molecule has 0 bridgehead atoms. The van der Waals surface area contributed by atoms with Gasteiger partial charge in [-0.2, -0.15) is 0 Å². The molecule has 0 saturated carbocycles. The molecule has 2 N–H and O–H groups in total. The molecule has 0 radical (unpaired) electrons. The van der Waals surface area contributed by atoms with Gasteiger partial charge in [0.2, 0.25) is 0 Å². The third-order valence-corrected chi connectivity index (χ3v) is 4.42. The zero-order valence-electron chi connectivity index (χ0n) is 10.8. The van der Waals surface area contributed by atoms with Gasteiger partial charge in [-0.25, -0.2) is 4.39 Å². The lowest BCUT2D eigenvalue weighted by Crippen LogP contribution is -2.54. The topological polar surface area (TPSA) is 29.3 Å². The van der Waals surface area contributed by atoms with E-state index < -0.39 is 0 Å². The van der Waals surface area contributed by atoms with Crippen LogP contribution in [-0.4, -0.2) is 30.6 Å². The van der Waals surface area contributed by atoms with Crippen molar-refractivity contribution in [3.8, 4) is 0 Å². The van der Waals surface area contributed by atoms with Gasteiger partial charge in [0.1, 0.15) is 5.82 Å². The van der Waals surface area contributed by atoms with Gasteiger partial charge in [0.15, 0.2) is 0 Å². The van der Waals surface area contributed by atoms with Crippen molar-refractivity contribution in [2.75, 3.05) is 14.1 Å².